The molecule has 1 aromatic carbocycles. The lowest BCUT2D eigenvalue weighted by molar-refractivity contribution is -0.133. The molecule has 128 valence electrons. The molecule has 3 nitrogen and oxygen atoms in total. The maximum atomic E-state index is 12.9. The Hall–Kier alpha value is -1.26. The number of hydrogen-bond acceptors (Lipinski definition) is 3. The van der Waals surface area contributed by atoms with Gasteiger partial charge in [0, 0.05) is 37.3 Å². The lowest BCUT2D eigenvalue weighted by atomic mass is 9.90. The maximum absolute atomic E-state index is 12.9. The van der Waals surface area contributed by atoms with Gasteiger partial charge in [-0.05, 0) is 54.8 Å². The molecule has 1 unspecified atom stereocenters. The summed E-state index contributed by atoms with van der Waals surface area (Å²) in [4.78, 5) is 17.3. The molecule has 0 spiro atoms. The Morgan fingerprint density at radius 2 is 1.96 bits per heavy atom. The third-order valence-corrected chi connectivity index (χ3v) is 7.27. The van der Waals surface area contributed by atoms with Crippen LogP contribution < -0.4 is 0 Å². The molecule has 0 saturated carbocycles. The number of carbonyl (C=O) groups is 1. The van der Waals surface area contributed by atoms with E-state index in [1.54, 1.807) is 0 Å². The Labute approximate surface area is 149 Å². The third kappa shape index (κ3) is 2.80. The summed E-state index contributed by atoms with van der Waals surface area (Å²) in [5.74, 6) is 1.46. The van der Waals surface area contributed by atoms with E-state index in [4.69, 9.17) is 0 Å². The fraction of sp³-hybridized carbons (Fsp3) is 0.550. The van der Waals surface area contributed by atoms with Gasteiger partial charge in [-0.2, -0.15) is 11.8 Å². The van der Waals surface area contributed by atoms with Crippen molar-refractivity contribution >= 4 is 23.2 Å². The van der Waals surface area contributed by atoms with Crippen LogP contribution in [0.1, 0.15) is 30.9 Å². The van der Waals surface area contributed by atoms with Crippen LogP contribution in [0.25, 0.3) is 5.57 Å². The molecule has 1 aromatic rings. The van der Waals surface area contributed by atoms with E-state index in [1.165, 1.54) is 22.3 Å². The van der Waals surface area contributed by atoms with Crippen LogP contribution in [-0.4, -0.2) is 59.4 Å². The Morgan fingerprint density at radius 1 is 1.21 bits per heavy atom. The smallest absolute Gasteiger partial charge is 0.224 e. The van der Waals surface area contributed by atoms with Crippen LogP contribution in [0, 0.1) is 0 Å². The molecule has 1 atom stereocenters. The van der Waals surface area contributed by atoms with Crippen molar-refractivity contribution in [3.8, 4) is 0 Å². The number of amides is 1. The zero-order valence-corrected chi connectivity index (χ0v) is 15.5. The molecular formula is C20H26N2OS. The molecular weight excluding hydrogens is 316 g/mol. The summed E-state index contributed by atoms with van der Waals surface area (Å²) in [5.41, 5.74) is 5.93. The third-order valence-electron chi connectivity index (χ3n) is 5.83. The standard InChI is InChI=1S/C20H26N2OS/c1-20(14-19(23)22-10-8-21(2)9-11-22)18-13-15-5-3-4-6-16(15)17(18)7-12-24-20/h3-6H,7-14H2,1-2H3. The quantitative estimate of drug-likeness (QED) is 0.825. The van der Waals surface area contributed by atoms with E-state index in [-0.39, 0.29) is 4.75 Å². The number of rotatable bonds is 2. The van der Waals surface area contributed by atoms with Crippen LogP contribution in [0.2, 0.25) is 0 Å². The van der Waals surface area contributed by atoms with Crippen LogP contribution >= 0.6 is 11.8 Å². The van der Waals surface area contributed by atoms with Gasteiger partial charge in [0.2, 0.25) is 5.91 Å². The van der Waals surface area contributed by atoms with Gasteiger partial charge in [0.15, 0.2) is 0 Å². The number of allylic oxidation sites excluding steroid dienone is 1. The summed E-state index contributed by atoms with van der Waals surface area (Å²) in [5, 5.41) is 0. The number of thioether (sulfide) groups is 1. The summed E-state index contributed by atoms with van der Waals surface area (Å²) < 4.78 is -0.0347. The zero-order valence-electron chi connectivity index (χ0n) is 14.7. The predicted molar refractivity (Wildman–Crippen MR) is 101 cm³/mol. The van der Waals surface area contributed by atoms with Crippen LogP contribution in [-0.2, 0) is 11.2 Å². The lowest BCUT2D eigenvalue weighted by Crippen LogP contribution is -2.48. The minimum absolute atomic E-state index is 0.0347. The van der Waals surface area contributed by atoms with Crippen molar-refractivity contribution < 1.29 is 4.79 Å². The molecule has 1 amide bonds. The average Bonchev–Trinajstić information content (AvgIpc) is 2.96. The van der Waals surface area contributed by atoms with Crippen LogP contribution in [0.4, 0.5) is 0 Å². The van der Waals surface area contributed by atoms with Gasteiger partial charge in [-0.15, -0.1) is 0 Å². The van der Waals surface area contributed by atoms with Gasteiger partial charge in [-0.3, -0.25) is 4.79 Å². The molecule has 0 aromatic heterocycles. The van der Waals surface area contributed by atoms with E-state index >= 15 is 0 Å². The second kappa shape index (κ2) is 6.23. The molecule has 24 heavy (non-hydrogen) atoms. The van der Waals surface area contributed by atoms with Gasteiger partial charge in [0.05, 0.1) is 0 Å². The van der Waals surface area contributed by atoms with Crippen molar-refractivity contribution in [2.45, 2.75) is 30.9 Å². The molecule has 4 heteroatoms. The van der Waals surface area contributed by atoms with Crippen molar-refractivity contribution in [3.63, 3.8) is 0 Å². The molecule has 0 bridgehead atoms. The predicted octanol–water partition coefficient (Wildman–Crippen LogP) is 3.06. The second-order valence-electron chi connectivity index (χ2n) is 7.48. The number of likely N-dealkylation sites (N-methyl/N-ethyl adjacent to an activating group) is 1. The molecule has 0 N–H and O–H groups in total. The van der Waals surface area contributed by atoms with Gasteiger partial charge >= 0.3 is 0 Å². The fourth-order valence-electron chi connectivity index (χ4n) is 4.30. The number of benzene rings is 1. The Bertz CT molecular complexity index is 691. The molecule has 4 rings (SSSR count). The lowest BCUT2D eigenvalue weighted by Gasteiger charge is -2.38. The molecule has 1 fully saturated rings. The number of piperazine rings is 1. The summed E-state index contributed by atoms with van der Waals surface area (Å²) in [6.07, 6.45) is 2.83. The van der Waals surface area contributed by atoms with Crippen LogP contribution in [0.15, 0.2) is 29.8 Å². The van der Waals surface area contributed by atoms with Crippen molar-refractivity contribution in [1.82, 2.24) is 9.80 Å². The minimum atomic E-state index is -0.0347. The normalized spacial score (nSPS) is 27.2. The highest BCUT2D eigenvalue weighted by Gasteiger charge is 2.41. The van der Waals surface area contributed by atoms with Crippen LogP contribution in [0.5, 0.6) is 0 Å². The summed E-state index contributed by atoms with van der Waals surface area (Å²) in [7, 11) is 2.13. The van der Waals surface area contributed by atoms with Gasteiger partial charge in [-0.1, -0.05) is 24.3 Å². The first kappa shape index (κ1) is 16.2. The number of carbonyl (C=O) groups excluding carboxylic acids is 1. The van der Waals surface area contributed by atoms with Crippen molar-refractivity contribution in [2.75, 3.05) is 39.0 Å². The van der Waals surface area contributed by atoms with E-state index < -0.39 is 0 Å². The summed E-state index contributed by atoms with van der Waals surface area (Å²) >= 11 is 1.99. The largest absolute Gasteiger partial charge is 0.340 e. The summed E-state index contributed by atoms with van der Waals surface area (Å²) in [6.45, 7) is 6.04. The van der Waals surface area contributed by atoms with Gasteiger partial charge < -0.3 is 9.80 Å². The monoisotopic (exact) mass is 342 g/mol. The highest BCUT2D eigenvalue weighted by atomic mass is 32.2. The Balaban J connectivity index is 1.55. The van der Waals surface area contributed by atoms with E-state index in [2.05, 4.69) is 48.0 Å². The van der Waals surface area contributed by atoms with E-state index in [1.807, 2.05) is 11.8 Å². The van der Waals surface area contributed by atoms with E-state index in [0.717, 1.165) is 44.8 Å². The van der Waals surface area contributed by atoms with Gasteiger partial charge in [0.25, 0.3) is 0 Å². The minimum Gasteiger partial charge on any atom is -0.340 e. The van der Waals surface area contributed by atoms with Crippen molar-refractivity contribution in [2.24, 2.45) is 0 Å². The van der Waals surface area contributed by atoms with E-state index in [0.29, 0.717) is 12.3 Å². The highest BCUT2D eigenvalue weighted by Crippen LogP contribution is 2.51. The van der Waals surface area contributed by atoms with Crippen molar-refractivity contribution in [3.05, 3.63) is 41.0 Å². The molecule has 2 aliphatic heterocycles. The summed E-state index contributed by atoms with van der Waals surface area (Å²) in [6, 6.07) is 8.79. The molecule has 0 radical (unpaired) electrons. The maximum Gasteiger partial charge on any atom is 0.224 e. The average molecular weight is 343 g/mol. The van der Waals surface area contributed by atoms with Gasteiger partial charge in [-0.25, -0.2) is 0 Å². The molecule has 1 aliphatic carbocycles. The topological polar surface area (TPSA) is 23.6 Å². The Morgan fingerprint density at radius 3 is 2.75 bits per heavy atom. The van der Waals surface area contributed by atoms with Gasteiger partial charge in [0.1, 0.15) is 0 Å². The Kier molecular flexibility index (Phi) is 4.21. The number of fused-ring (bicyclic) bond motifs is 2. The molecule has 2 heterocycles. The number of nitrogens with zero attached hydrogens (tertiary/aromatic N) is 2. The van der Waals surface area contributed by atoms with E-state index in [9.17, 15) is 4.79 Å². The highest BCUT2D eigenvalue weighted by molar-refractivity contribution is 8.00. The second-order valence-corrected chi connectivity index (χ2v) is 9.08. The number of hydrogen-bond donors (Lipinski definition) is 0. The molecule has 3 aliphatic rings. The molecule has 1 saturated heterocycles. The van der Waals surface area contributed by atoms with Crippen LogP contribution in [0.3, 0.4) is 0 Å². The first-order valence-corrected chi connectivity index (χ1v) is 9.96. The fourth-order valence-corrected chi connectivity index (χ4v) is 5.65. The zero-order chi connectivity index (χ0) is 16.7. The van der Waals surface area contributed by atoms with Crippen molar-refractivity contribution in [1.29, 1.82) is 0 Å². The first-order valence-electron chi connectivity index (χ1n) is 8.98. The first-order chi connectivity index (χ1) is 11.6. The SMILES string of the molecule is CN1CCN(C(=O)CC2(C)SCCC3=C2Cc2ccccc23)CC1.